The van der Waals surface area contributed by atoms with Crippen LogP contribution >= 0.6 is 0 Å². The van der Waals surface area contributed by atoms with Gasteiger partial charge >= 0.3 is 0 Å². The topological polar surface area (TPSA) is 52.5 Å². The molecule has 0 bridgehead atoms. The second kappa shape index (κ2) is 8.41. The highest BCUT2D eigenvalue weighted by Gasteiger charge is 2.19. The molecule has 4 heteroatoms. The summed E-state index contributed by atoms with van der Waals surface area (Å²) in [4.78, 5) is 4.19. The molecule has 0 aliphatic carbocycles. The van der Waals surface area contributed by atoms with Gasteiger partial charge in [-0.1, -0.05) is 45.8 Å². The fourth-order valence-corrected chi connectivity index (χ4v) is 2.96. The Morgan fingerprint density at radius 1 is 1.00 bits per heavy atom. The summed E-state index contributed by atoms with van der Waals surface area (Å²) in [6.07, 6.45) is 4.03. The largest absolute Gasteiger partial charge is 0.616 e. The fourth-order valence-electron chi connectivity index (χ4n) is 1.82. The fraction of sp³-hybridized carbons (Fsp3) is 1.00. The smallest absolute Gasteiger partial charge is 0.105 e. The van der Waals surface area contributed by atoms with Crippen molar-refractivity contribution in [2.45, 2.75) is 60.3 Å². The van der Waals surface area contributed by atoms with Crippen LogP contribution in [0.15, 0.2) is 0 Å². The van der Waals surface area contributed by atoms with E-state index in [9.17, 15) is 4.55 Å². The van der Waals surface area contributed by atoms with Crippen LogP contribution in [-0.2, 0) is 16.1 Å². The van der Waals surface area contributed by atoms with E-state index in [2.05, 4.69) is 25.7 Å². The number of rotatable bonds is 9. The molecule has 3 nitrogen and oxygen atoms in total. The molecule has 0 aromatic rings. The van der Waals surface area contributed by atoms with E-state index in [0.717, 1.165) is 37.2 Å². The van der Waals surface area contributed by atoms with Crippen molar-refractivity contribution in [3.63, 3.8) is 0 Å². The number of hydrogen-bond acceptors (Lipinski definition) is 3. The summed E-state index contributed by atoms with van der Waals surface area (Å²) < 4.78 is 11.8. The van der Waals surface area contributed by atoms with Crippen LogP contribution in [0.2, 0.25) is 0 Å². The van der Waals surface area contributed by atoms with Gasteiger partial charge in [-0.2, -0.15) is 0 Å². The lowest BCUT2D eigenvalue weighted by Gasteiger charge is -2.23. The van der Waals surface area contributed by atoms with E-state index in [1.165, 1.54) is 0 Å². The summed E-state index contributed by atoms with van der Waals surface area (Å²) in [6, 6.07) is 0. The first kappa shape index (κ1) is 18.2. The molecule has 0 rings (SSSR count). The third-order valence-corrected chi connectivity index (χ3v) is 4.47. The predicted octanol–water partition coefficient (Wildman–Crippen LogP) is 3.86. The van der Waals surface area contributed by atoms with Gasteiger partial charge in [0, 0.05) is 0 Å². The summed E-state index contributed by atoms with van der Waals surface area (Å²) in [5.41, 5.74) is 0.301. The summed E-state index contributed by atoms with van der Waals surface area (Å²) in [7, 11) is 0. The average Bonchev–Trinajstić information content (AvgIpc) is 2.14. The number of hydrogen-bond donors (Lipinski definition) is 1. The molecule has 0 heterocycles. The highest BCUT2D eigenvalue weighted by atomic mass is 32.2. The second-order valence-electron chi connectivity index (χ2n) is 7.05. The Morgan fingerprint density at radius 2 is 1.50 bits per heavy atom. The summed E-state index contributed by atoms with van der Waals surface area (Å²) in [5.74, 6) is 1.58. The van der Waals surface area contributed by atoms with Crippen LogP contribution in [0.5, 0.6) is 0 Å². The van der Waals surface area contributed by atoms with Crippen molar-refractivity contribution in [3.8, 4) is 0 Å². The quantitative estimate of drug-likeness (QED) is 0.396. The molecule has 0 fully saturated rings. The molecule has 110 valence electrons. The lowest BCUT2D eigenvalue weighted by atomic mass is 9.89. The maximum Gasteiger partial charge on any atom is 0.105 e. The maximum atomic E-state index is 11.8. The van der Waals surface area contributed by atoms with Gasteiger partial charge < -0.3 is 4.55 Å². The third kappa shape index (κ3) is 11.3. The van der Waals surface area contributed by atoms with Gasteiger partial charge in [-0.05, 0) is 36.5 Å². The SMILES string of the molecule is CC(C)(C)CCC[S+]([O-])CCCC(C)(C)COO. The first-order chi connectivity index (χ1) is 8.16. The van der Waals surface area contributed by atoms with Crippen molar-refractivity contribution >= 4 is 11.2 Å². The van der Waals surface area contributed by atoms with Crippen molar-refractivity contribution in [2.75, 3.05) is 18.1 Å². The molecule has 0 aliphatic heterocycles. The van der Waals surface area contributed by atoms with E-state index < -0.39 is 11.2 Å². The van der Waals surface area contributed by atoms with Crippen LogP contribution in [0.4, 0.5) is 0 Å². The van der Waals surface area contributed by atoms with Gasteiger partial charge in [-0.3, -0.25) is 5.26 Å². The van der Waals surface area contributed by atoms with Gasteiger partial charge in [0.05, 0.1) is 6.61 Å². The second-order valence-corrected chi connectivity index (χ2v) is 8.75. The highest BCUT2D eigenvalue weighted by molar-refractivity contribution is 7.91. The van der Waals surface area contributed by atoms with Gasteiger partial charge in [0.1, 0.15) is 11.5 Å². The van der Waals surface area contributed by atoms with Gasteiger partial charge in [-0.15, -0.1) is 0 Å². The lowest BCUT2D eigenvalue weighted by molar-refractivity contribution is -0.260. The predicted molar refractivity (Wildman–Crippen MR) is 78.2 cm³/mol. The first-order valence-electron chi connectivity index (χ1n) is 6.78. The van der Waals surface area contributed by atoms with Gasteiger partial charge in [0.15, 0.2) is 0 Å². The molecule has 1 atom stereocenters. The van der Waals surface area contributed by atoms with Crippen LogP contribution in [0.25, 0.3) is 0 Å². The zero-order chi connectivity index (χ0) is 14.2. The molecule has 0 aromatic carbocycles. The minimum atomic E-state index is -0.697. The summed E-state index contributed by atoms with van der Waals surface area (Å²) in [5, 5.41) is 8.44. The monoisotopic (exact) mass is 278 g/mol. The molecule has 0 saturated carbocycles. The maximum absolute atomic E-state index is 11.8. The summed E-state index contributed by atoms with van der Waals surface area (Å²) >= 11 is -0.697. The van der Waals surface area contributed by atoms with Crippen LogP contribution < -0.4 is 0 Å². The normalized spacial score (nSPS) is 14.8. The van der Waals surface area contributed by atoms with E-state index in [1.54, 1.807) is 0 Å². The zero-order valence-corrected chi connectivity index (χ0v) is 13.4. The van der Waals surface area contributed by atoms with Crippen molar-refractivity contribution in [2.24, 2.45) is 10.8 Å². The molecule has 1 N–H and O–H groups in total. The molecule has 0 amide bonds. The van der Waals surface area contributed by atoms with E-state index in [-0.39, 0.29) is 5.41 Å². The van der Waals surface area contributed by atoms with E-state index in [0.29, 0.717) is 12.0 Å². The molecule has 0 saturated heterocycles. The Kier molecular flexibility index (Phi) is 8.52. The molecule has 0 aromatic heterocycles. The van der Waals surface area contributed by atoms with E-state index in [1.807, 2.05) is 13.8 Å². The molecular weight excluding hydrogens is 248 g/mol. The Bertz CT molecular complexity index is 212. The average molecular weight is 278 g/mol. The van der Waals surface area contributed by atoms with Crippen LogP contribution in [0.3, 0.4) is 0 Å². The standard InChI is InChI=1S/C14H30O3S/c1-13(2,3)8-6-10-18(16)11-7-9-14(4,5)12-17-15/h15H,6-12H2,1-5H3. The Balaban J connectivity index is 3.62. The van der Waals surface area contributed by atoms with Gasteiger partial charge in [0.2, 0.25) is 0 Å². The van der Waals surface area contributed by atoms with Gasteiger partial charge in [-0.25, -0.2) is 4.89 Å². The third-order valence-electron chi connectivity index (χ3n) is 2.98. The van der Waals surface area contributed by atoms with Crippen molar-refractivity contribution in [1.82, 2.24) is 0 Å². The van der Waals surface area contributed by atoms with Crippen LogP contribution in [0.1, 0.15) is 60.3 Å². The molecule has 18 heavy (non-hydrogen) atoms. The zero-order valence-electron chi connectivity index (χ0n) is 12.6. The molecule has 0 aliphatic rings. The van der Waals surface area contributed by atoms with Crippen molar-refractivity contribution in [3.05, 3.63) is 0 Å². The minimum absolute atomic E-state index is 0.0373. The lowest BCUT2D eigenvalue weighted by Crippen LogP contribution is -2.21. The van der Waals surface area contributed by atoms with Crippen molar-refractivity contribution < 1.29 is 14.7 Å². The Hall–Kier alpha value is 0.230. The van der Waals surface area contributed by atoms with Crippen LogP contribution in [0, 0.1) is 10.8 Å². The van der Waals surface area contributed by atoms with E-state index >= 15 is 0 Å². The Labute approximate surface area is 115 Å². The minimum Gasteiger partial charge on any atom is -0.616 e. The highest BCUT2D eigenvalue weighted by Crippen LogP contribution is 2.24. The van der Waals surface area contributed by atoms with Gasteiger partial charge in [0.25, 0.3) is 0 Å². The Morgan fingerprint density at radius 3 is 1.94 bits per heavy atom. The molecule has 0 radical (unpaired) electrons. The van der Waals surface area contributed by atoms with Crippen LogP contribution in [-0.4, -0.2) is 27.9 Å². The molecule has 0 spiro atoms. The van der Waals surface area contributed by atoms with E-state index in [4.69, 9.17) is 5.26 Å². The van der Waals surface area contributed by atoms with Crippen molar-refractivity contribution in [1.29, 1.82) is 0 Å². The molecular formula is C14H30O3S. The first-order valence-corrected chi connectivity index (χ1v) is 8.26. The molecule has 1 unspecified atom stereocenters. The summed E-state index contributed by atoms with van der Waals surface area (Å²) in [6.45, 7) is 11.1.